The zero-order chi connectivity index (χ0) is 16.2. The zero-order valence-corrected chi connectivity index (χ0v) is 13.6. The van der Waals surface area contributed by atoms with Crippen LogP contribution < -0.4 is 0 Å². The Labute approximate surface area is 137 Å². The molecule has 3 rings (SSSR count). The van der Waals surface area contributed by atoms with Gasteiger partial charge in [-0.25, -0.2) is 0 Å². The standard InChI is InChI=1S/C18H24N2O3/c1-14(21)19-9-10-20(18(22)16-7-11-23-12-8-16)17(13-19)15-5-3-2-4-6-15/h2-6,16-17H,7-13H2,1H3. The first kappa shape index (κ1) is 16.0. The molecule has 0 aromatic heterocycles. The highest BCUT2D eigenvalue weighted by atomic mass is 16.5. The maximum Gasteiger partial charge on any atom is 0.226 e. The Kier molecular flexibility index (Phi) is 4.96. The van der Waals surface area contributed by atoms with Crippen molar-refractivity contribution in [2.75, 3.05) is 32.8 Å². The minimum atomic E-state index is -0.0517. The number of carbonyl (C=O) groups excluding carboxylic acids is 2. The van der Waals surface area contributed by atoms with E-state index in [0.717, 1.165) is 18.4 Å². The second kappa shape index (κ2) is 7.13. The van der Waals surface area contributed by atoms with E-state index in [1.54, 1.807) is 6.92 Å². The minimum absolute atomic E-state index is 0.0517. The van der Waals surface area contributed by atoms with E-state index in [0.29, 0.717) is 32.8 Å². The van der Waals surface area contributed by atoms with Crippen molar-refractivity contribution in [1.29, 1.82) is 0 Å². The third-order valence-corrected chi connectivity index (χ3v) is 4.86. The molecule has 2 heterocycles. The van der Waals surface area contributed by atoms with Crippen LogP contribution in [0.5, 0.6) is 0 Å². The van der Waals surface area contributed by atoms with E-state index < -0.39 is 0 Å². The minimum Gasteiger partial charge on any atom is -0.381 e. The van der Waals surface area contributed by atoms with E-state index in [9.17, 15) is 9.59 Å². The lowest BCUT2D eigenvalue weighted by Gasteiger charge is -2.43. The number of amides is 2. The van der Waals surface area contributed by atoms with Crippen LogP contribution in [0, 0.1) is 5.92 Å². The maximum absolute atomic E-state index is 13.0. The molecule has 0 saturated carbocycles. The number of hydrogen-bond acceptors (Lipinski definition) is 3. The Hall–Kier alpha value is -1.88. The van der Waals surface area contributed by atoms with Gasteiger partial charge in [-0.15, -0.1) is 0 Å². The van der Waals surface area contributed by atoms with Gasteiger partial charge in [0.25, 0.3) is 0 Å². The number of benzene rings is 1. The predicted molar refractivity (Wildman–Crippen MR) is 86.7 cm³/mol. The van der Waals surface area contributed by atoms with Crippen LogP contribution >= 0.6 is 0 Å². The molecule has 2 aliphatic rings. The lowest BCUT2D eigenvalue weighted by molar-refractivity contribution is -0.147. The quantitative estimate of drug-likeness (QED) is 0.836. The van der Waals surface area contributed by atoms with Crippen LogP contribution in [0.3, 0.4) is 0 Å². The molecule has 1 aromatic rings. The van der Waals surface area contributed by atoms with Gasteiger partial charge >= 0.3 is 0 Å². The molecule has 2 amide bonds. The summed E-state index contributed by atoms with van der Waals surface area (Å²) in [6, 6.07) is 9.97. The summed E-state index contributed by atoms with van der Waals surface area (Å²) in [7, 11) is 0. The van der Waals surface area contributed by atoms with Gasteiger partial charge in [0.1, 0.15) is 0 Å². The van der Waals surface area contributed by atoms with Gasteiger partial charge in [0.2, 0.25) is 11.8 Å². The Balaban J connectivity index is 1.81. The number of carbonyl (C=O) groups is 2. The molecule has 1 atom stereocenters. The third-order valence-electron chi connectivity index (χ3n) is 4.86. The summed E-state index contributed by atoms with van der Waals surface area (Å²) in [5, 5.41) is 0. The topological polar surface area (TPSA) is 49.9 Å². The molecule has 2 saturated heterocycles. The van der Waals surface area contributed by atoms with Gasteiger partial charge in [0, 0.05) is 45.7 Å². The van der Waals surface area contributed by atoms with E-state index >= 15 is 0 Å². The molecule has 2 aliphatic heterocycles. The number of ether oxygens (including phenoxy) is 1. The SMILES string of the molecule is CC(=O)N1CCN(C(=O)C2CCOCC2)C(c2ccccc2)C1. The Morgan fingerprint density at radius 1 is 1.09 bits per heavy atom. The van der Waals surface area contributed by atoms with Crippen LogP contribution in [0.25, 0.3) is 0 Å². The molecule has 0 bridgehead atoms. The molecule has 5 nitrogen and oxygen atoms in total. The van der Waals surface area contributed by atoms with E-state index in [4.69, 9.17) is 4.74 Å². The van der Waals surface area contributed by atoms with E-state index in [2.05, 4.69) is 0 Å². The fraction of sp³-hybridized carbons (Fsp3) is 0.556. The van der Waals surface area contributed by atoms with Crippen LogP contribution in [0.4, 0.5) is 0 Å². The summed E-state index contributed by atoms with van der Waals surface area (Å²) < 4.78 is 5.37. The summed E-state index contributed by atoms with van der Waals surface area (Å²) in [5.74, 6) is 0.341. The van der Waals surface area contributed by atoms with Crippen LogP contribution in [0.15, 0.2) is 30.3 Å². The van der Waals surface area contributed by atoms with Crippen LogP contribution in [-0.4, -0.2) is 54.5 Å². The molecular formula is C18H24N2O3. The van der Waals surface area contributed by atoms with Gasteiger partial charge in [-0.05, 0) is 18.4 Å². The van der Waals surface area contributed by atoms with Gasteiger partial charge in [0.05, 0.1) is 6.04 Å². The second-order valence-corrected chi connectivity index (χ2v) is 6.31. The highest BCUT2D eigenvalue weighted by molar-refractivity contribution is 5.80. The largest absolute Gasteiger partial charge is 0.381 e. The monoisotopic (exact) mass is 316 g/mol. The maximum atomic E-state index is 13.0. The van der Waals surface area contributed by atoms with Crippen molar-refractivity contribution in [2.45, 2.75) is 25.8 Å². The van der Waals surface area contributed by atoms with Gasteiger partial charge in [-0.3, -0.25) is 9.59 Å². The Morgan fingerprint density at radius 3 is 2.43 bits per heavy atom. The van der Waals surface area contributed by atoms with Crippen molar-refractivity contribution >= 4 is 11.8 Å². The highest BCUT2D eigenvalue weighted by Crippen LogP contribution is 2.29. The first-order chi connectivity index (χ1) is 11.2. The van der Waals surface area contributed by atoms with E-state index in [1.165, 1.54) is 0 Å². The molecule has 1 unspecified atom stereocenters. The zero-order valence-electron chi connectivity index (χ0n) is 13.6. The number of rotatable bonds is 2. The second-order valence-electron chi connectivity index (χ2n) is 6.31. The highest BCUT2D eigenvalue weighted by Gasteiger charge is 2.35. The average Bonchev–Trinajstić information content (AvgIpc) is 2.62. The molecule has 0 spiro atoms. The van der Waals surface area contributed by atoms with Crippen LogP contribution in [-0.2, 0) is 14.3 Å². The molecule has 124 valence electrons. The molecule has 1 aromatic carbocycles. The van der Waals surface area contributed by atoms with Gasteiger partial charge in [-0.1, -0.05) is 30.3 Å². The number of nitrogens with zero attached hydrogens (tertiary/aromatic N) is 2. The molecule has 0 radical (unpaired) electrons. The van der Waals surface area contributed by atoms with E-state index in [1.807, 2.05) is 40.1 Å². The summed E-state index contributed by atoms with van der Waals surface area (Å²) >= 11 is 0. The van der Waals surface area contributed by atoms with Gasteiger partial charge < -0.3 is 14.5 Å². The fourth-order valence-corrected chi connectivity index (χ4v) is 3.47. The molecular weight excluding hydrogens is 292 g/mol. The summed E-state index contributed by atoms with van der Waals surface area (Å²) in [4.78, 5) is 28.6. The van der Waals surface area contributed by atoms with Crippen molar-refractivity contribution in [3.63, 3.8) is 0 Å². The van der Waals surface area contributed by atoms with Crippen molar-refractivity contribution in [2.24, 2.45) is 5.92 Å². The number of piperazine rings is 1. The van der Waals surface area contributed by atoms with Crippen LogP contribution in [0.2, 0.25) is 0 Å². The smallest absolute Gasteiger partial charge is 0.226 e. The number of hydrogen-bond donors (Lipinski definition) is 0. The van der Waals surface area contributed by atoms with Crippen molar-refractivity contribution in [3.05, 3.63) is 35.9 Å². The lowest BCUT2D eigenvalue weighted by Crippen LogP contribution is -2.53. The van der Waals surface area contributed by atoms with Crippen LogP contribution in [0.1, 0.15) is 31.4 Å². The molecule has 0 aliphatic carbocycles. The summed E-state index contributed by atoms with van der Waals surface area (Å²) in [6.07, 6.45) is 1.60. The van der Waals surface area contributed by atoms with Crippen molar-refractivity contribution in [3.8, 4) is 0 Å². The summed E-state index contributed by atoms with van der Waals surface area (Å²) in [5.41, 5.74) is 1.10. The van der Waals surface area contributed by atoms with Crippen molar-refractivity contribution < 1.29 is 14.3 Å². The summed E-state index contributed by atoms with van der Waals surface area (Å²) in [6.45, 7) is 4.73. The molecule has 23 heavy (non-hydrogen) atoms. The molecule has 2 fully saturated rings. The first-order valence-corrected chi connectivity index (χ1v) is 8.35. The fourth-order valence-electron chi connectivity index (χ4n) is 3.47. The molecule has 0 N–H and O–H groups in total. The predicted octanol–water partition coefficient (Wildman–Crippen LogP) is 1.84. The Bertz CT molecular complexity index is 555. The van der Waals surface area contributed by atoms with Gasteiger partial charge in [0.15, 0.2) is 0 Å². The normalized spacial score (nSPS) is 22.9. The van der Waals surface area contributed by atoms with E-state index in [-0.39, 0.29) is 23.8 Å². The Morgan fingerprint density at radius 2 is 1.78 bits per heavy atom. The molecule has 5 heteroatoms. The third kappa shape index (κ3) is 3.55. The lowest BCUT2D eigenvalue weighted by atomic mass is 9.95. The average molecular weight is 316 g/mol. The first-order valence-electron chi connectivity index (χ1n) is 8.35. The van der Waals surface area contributed by atoms with Gasteiger partial charge in [-0.2, -0.15) is 0 Å². The van der Waals surface area contributed by atoms with Crippen molar-refractivity contribution in [1.82, 2.24) is 9.80 Å².